The van der Waals surface area contributed by atoms with E-state index >= 15 is 0 Å². The van der Waals surface area contributed by atoms with Crippen LogP contribution < -0.4 is 4.72 Å². The zero-order chi connectivity index (χ0) is 12.0. The molecule has 2 N–H and O–H groups in total. The number of imide groups is 1. The molecule has 0 fully saturated rings. The van der Waals surface area contributed by atoms with Crippen molar-refractivity contribution in [3.8, 4) is 0 Å². The van der Waals surface area contributed by atoms with E-state index in [0.29, 0.717) is 4.90 Å². The van der Waals surface area contributed by atoms with Crippen LogP contribution in [0.2, 0.25) is 0 Å². The van der Waals surface area contributed by atoms with Gasteiger partial charge in [0.05, 0.1) is 7.11 Å². The van der Waals surface area contributed by atoms with Gasteiger partial charge in [-0.15, -0.1) is 0 Å². The summed E-state index contributed by atoms with van der Waals surface area (Å²) in [6.07, 6.45) is 1.63. The Morgan fingerprint density at radius 1 is 1.40 bits per heavy atom. The smallest absolute Gasteiger partial charge is 0.343 e. The van der Waals surface area contributed by atoms with E-state index in [9.17, 15) is 9.59 Å². The van der Waals surface area contributed by atoms with E-state index in [0.717, 1.165) is 11.9 Å². The number of amidine groups is 1. The van der Waals surface area contributed by atoms with Crippen LogP contribution in [0, 0.1) is 5.41 Å². The SMILES string of the molecule is COC(=N)N(C(=O)NSC)C(=O)N(C)C. The van der Waals surface area contributed by atoms with Crippen LogP contribution >= 0.6 is 11.9 Å². The number of urea groups is 2. The molecule has 0 saturated carbocycles. The van der Waals surface area contributed by atoms with Crippen LogP contribution in [0.4, 0.5) is 9.59 Å². The monoisotopic (exact) mass is 234 g/mol. The molecule has 0 saturated heterocycles. The van der Waals surface area contributed by atoms with Gasteiger partial charge in [-0.25, -0.2) is 9.59 Å². The van der Waals surface area contributed by atoms with Gasteiger partial charge in [0, 0.05) is 20.4 Å². The molecule has 0 aromatic heterocycles. The van der Waals surface area contributed by atoms with Crippen LogP contribution in [0.1, 0.15) is 0 Å². The minimum Gasteiger partial charge on any atom is -0.468 e. The Morgan fingerprint density at radius 3 is 2.27 bits per heavy atom. The Balaban J connectivity index is 4.81. The zero-order valence-electron chi connectivity index (χ0n) is 9.03. The van der Waals surface area contributed by atoms with E-state index in [1.165, 1.54) is 26.1 Å². The third-order valence-electron chi connectivity index (χ3n) is 1.36. The molecule has 0 aromatic carbocycles. The van der Waals surface area contributed by atoms with Gasteiger partial charge in [-0.05, 0) is 0 Å². The predicted molar refractivity (Wildman–Crippen MR) is 57.7 cm³/mol. The highest BCUT2D eigenvalue weighted by atomic mass is 32.2. The lowest BCUT2D eigenvalue weighted by Crippen LogP contribution is -2.50. The third-order valence-corrected chi connectivity index (χ3v) is 1.74. The van der Waals surface area contributed by atoms with Crippen LogP contribution in [-0.2, 0) is 4.74 Å². The lowest BCUT2D eigenvalue weighted by Gasteiger charge is -2.22. The van der Waals surface area contributed by atoms with E-state index < -0.39 is 18.1 Å². The van der Waals surface area contributed by atoms with Gasteiger partial charge in [-0.1, -0.05) is 11.9 Å². The van der Waals surface area contributed by atoms with Crippen molar-refractivity contribution in [2.75, 3.05) is 27.5 Å². The van der Waals surface area contributed by atoms with Crippen molar-refractivity contribution < 1.29 is 14.3 Å². The summed E-state index contributed by atoms with van der Waals surface area (Å²) in [5.74, 6) is 0. The maximum Gasteiger partial charge on any atom is 0.343 e. The molecule has 0 unspecified atom stereocenters. The van der Waals surface area contributed by atoms with Crippen molar-refractivity contribution in [3.63, 3.8) is 0 Å². The minimum absolute atomic E-state index is 0.528. The second-order valence-electron chi connectivity index (χ2n) is 2.63. The number of ether oxygens (including phenoxy) is 1. The van der Waals surface area contributed by atoms with Gasteiger partial charge in [0.25, 0.3) is 0 Å². The quantitative estimate of drug-likeness (QED) is 0.394. The maximum atomic E-state index is 11.5. The van der Waals surface area contributed by atoms with Crippen LogP contribution in [0.15, 0.2) is 0 Å². The molecule has 0 heterocycles. The van der Waals surface area contributed by atoms with E-state index in [-0.39, 0.29) is 0 Å². The van der Waals surface area contributed by atoms with E-state index in [4.69, 9.17) is 5.41 Å². The van der Waals surface area contributed by atoms with Crippen molar-refractivity contribution in [3.05, 3.63) is 0 Å². The highest BCUT2D eigenvalue weighted by Crippen LogP contribution is 2.00. The van der Waals surface area contributed by atoms with Gasteiger partial charge >= 0.3 is 18.1 Å². The van der Waals surface area contributed by atoms with Crippen molar-refractivity contribution in [1.82, 2.24) is 14.5 Å². The molecule has 15 heavy (non-hydrogen) atoms. The largest absolute Gasteiger partial charge is 0.468 e. The molecule has 0 aliphatic carbocycles. The molecule has 0 aliphatic heterocycles. The molecular weight excluding hydrogens is 220 g/mol. The van der Waals surface area contributed by atoms with Crippen LogP contribution in [-0.4, -0.2) is 55.3 Å². The molecule has 0 aromatic rings. The molecule has 7 nitrogen and oxygen atoms in total. The van der Waals surface area contributed by atoms with Gasteiger partial charge in [-0.2, -0.15) is 4.90 Å². The Hall–Kier alpha value is -1.44. The van der Waals surface area contributed by atoms with Gasteiger partial charge < -0.3 is 9.64 Å². The van der Waals surface area contributed by atoms with Gasteiger partial charge in [0.15, 0.2) is 0 Å². The summed E-state index contributed by atoms with van der Waals surface area (Å²) in [5, 5.41) is 7.31. The first-order chi connectivity index (χ1) is 6.95. The number of methoxy groups -OCH3 is 1. The number of carbonyl (C=O) groups is 2. The number of carbonyl (C=O) groups excluding carboxylic acids is 2. The van der Waals surface area contributed by atoms with Crippen molar-refractivity contribution >= 4 is 30.0 Å². The third kappa shape index (κ3) is 3.66. The van der Waals surface area contributed by atoms with Gasteiger partial charge in [-0.3, -0.25) is 10.1 Å². The summed E-state index contributed by atoms with van der Waals surface area (Å²) < 4.78 is 6.87. The minimum atomic E-state index is -0.715. The molecular formula is C7H14N4O3S. The molecule has 0 aliphatic rings. The predicted octanol–water partition coefficient (Wildman–Crippen LogP) is 0.539. The summed E-state index contributed by atoms with van der Waals surface area (Å²) in [6, 6.07) is -1.89. The average molecular weight is 234 g/mol. The van der Waals surface area contributed by atoms with Gasteiger partial charge in [0.2, 0.25) is 0 Å². The topological polar surface area (TPSA) is 85.7 Å². The summed E-state index contributed by atoms with van der Waals surface area (Å²) in [6.45, 7) is 0. The highest BCUT2D eigenvalue weighted by molar-refractivity contribution is 7.97. The Labute approximate surface area is 92.4 Å². The summed E-state index contributed by atoms with van der Waals surface area (Å²) >= 11 is 1.03. The molecule has 0 radical (unpaired) electrons. The standard InChI is InChI=1S/C7H14N4O3S/c1-10(2)7(13)11(5(8)14-3)6(12)9-15-4/h8H,1-4H3,(H,9,12). The van der Waals surface area contributed by atoms with Gasteiger partial charge in [0.1, 0.15) is 0 Å². The number of amides is 4. The lowest BCUT2D eigenvalue weighted by atomic mass is 10.6. The average Bonchev–Trinajstić information content (AvgIpc) is 2.17. The highest BCUT2D eigenvalue weighted by Gasteiger charge is 2.28. The summed E-state index contributed by atoms with van der Waals surface area (Å²) in [4.78, 5) is 24.7. The molecule has 86 valence electrons. The first-order valence-corrected chi connectivity index (χ1v) is 5.15. The fraction of sp³-hybridized carbons (Fsp3) is 0.571. The first kappa shape index (κ1) is 13.6. The van der Waals surface area contributed by atoms with E-state index in [1.807, 2.05) is 0 Å². The summed E-state index contributed by atoms with van der Waals surface area (Å²) in [5.41, 5.74) is 0. The number of hydrogen-bond acceptors (Lipinski definition) is 5. The number of rotatable bonds is 1. The number of nitrogens with zero attached hydrogens (tertiary/aromatic N) is 2. The molecule has 0 bridgehead atoms. The van der Waals surface area contributed by atoms with Crippen LogP contribution in [0.25, 0.3) is 0 Å². The molecule has 0 rings (SSSR count). The number of hydrogen-bond donors (Lipinski definition) is 2. The van der Waals surface area contributed by atoms with Crippen LogP contribution in [0.3, 0.4) is 0 Å². The first-order valence-electron chi connectivity index (χ1n) is 3.92. The fourth-order valence-corrected chi connectivity index (χ4v) is 0.956. The molecule has 4 amide bonds. The second-order valence-corrected chi connectivity index (χ2v) is 3.25. The molecule has 8 heteroatoms. The molecule has 0 spiro atoms. The van der Waals surface area contributed by atoms with Crippen molar-refractivity contribution in [2.24, 2.45) is 0 Å². The second kappa shape index (κ2) is 6.12. The Morgan fingerprint density at radius 2 is 1.93 bits per heavy atom. The van der Waals surface area contributed by atoms with Crippen molar-refractivity contribution in [2.45, 2.75) is 0 Å². The Bertz CT molecular complexity index is 269. The maximum absolute atomic E-state index is 11.5. The molecule has 0 atom stereocenters. The van der Waals surface area contributed by atoms with Crippen LogP contribution in [0.5, 0.6) is 0 Å². The zero-order valence-corrected chi connectivity index (χ0v) is 9.84. The normalized spacial score (nSPS) is 9.07. The fourth-order valence-electron chi connectivity index (χ4n) is 0.690. The van der Waals surface area contributed by atoms with E-state index in [2.05, 4.69) is 9.46 Å². The number of nitrogens with one attached hydrogen (secondary N) is 2. The lowest BCUT2D eigenvalue weighted by molar-refractivity contribution is 0.180. The summed E-state index contributed by atoms with van der Waals surface area (Å²) in [7, 11) is 4.17. The Kier molecular flexibility index (Phi) is 5.53. The van der Waals surface area contributed by atoms with E-state index in [1.54, 1.807) is 6.26 Å². The van der Waals surface area contributed by atoms with Crippen molar-refractivity contribution in [1.29, 1.82) is 5.41 Å².